The van der Waals surface area contributed by atoms with E-state index in [-0.39, 0.29) is 39.6 Å². The van der Waals surface area contributed by atoms with Crippen LogP contribution in [-0.4, -0.2) is 21.2 Å². The van der Waals surface area contributed by atoms with E-state index in [1.54, 1.807) is 0 Å². The number of hydrogen-bond donors (Lipinski definition) is 0. The second kappa shape index (κ2) is 15.3. The standard InChI is InChI=1S/C55H44BN3O2.Pt/c1-31(2)42-30-43(32(3)4)54-51-53(42)60-49-21-19-38(47-29-37(23-24-57-47)41-16-12-14-36-13-8-9-15-40(36)41)27-44(49)56(51)45-28-39(20-22-50(45)61-54)55-58-46-17-10-11-18-48(46)59(55)52-34(6)25-33(5)26-35(52)7;/h8-26,29-32H,1-7H3;/q-2;+2. The maximum atomic E-state index is 7.03. The molecule has 0 fully saturated rings. The van der Waals surface area contributed by atoms with E-state index in [1.807, 2.05) is 6.20 Å². The first-order chi connectivity index (χ1) is 29.6. The Balaban J connectivity index is 0.00000458. The number of aryl methyl sites for hydroxylation is 3. The molecule has 4 heterocycles. The maximum Gasteiger partial charge on any atom is 2.00 e. The predicted molar refractivity (Wildman–Crippen MR) is 250 cm³/mol. The van der Waals surface area contributed by atoms with E-state index in [2.05, 4.69) is 186 Å². The SMILES string of the molecule is Cc1cc(C)c(-n2c(-c3[c-]c4c(cc3)Oc3c(C(C)C)cc(C(C)C)c5c3B4c3[c-]c(-c4cc(-c6cccc7ccccc67)ccn4)ccc3O5)nc3ccccc32)c(C)c1.[Pt+2]. The van der Waals surface area contributed by atoms with Gasteiger partial charge in [0, 0.05) is 28.8 Å². The van der Waals surface area contributed by atoms with Gasteiger partial charge in [0.05, 0.1) is 16.9 Å². The molecule has 2 aromatic heterocycles. The van der Waals surface area contributed by atoms with Crippen molar-refractivity contribution in [3.63, 3.8) is 0 Å². The Bertz CT molecular complexity index is 3220. The van der Waals surface area contributed by atoms with Gasteiger partial charge in [0.1, 0.15) is 11.5 Å². The van der Waals surface area contributed by atoms with Gasteiger partial charge in [0.2, 0.25) is 6.71 Å². The molecule has 62 heavy (non-hydrogen) atoms. The van der Waals surface area contributed by atoms with E-state index >= 15 is 0 Å². The summed E-state index contributed by atoms with van der Waals surface area (Å²) < 4.78 is 16.3. The van der Waals surface area contributed by atoms with Crippen LogP contribution in [-0.2, 0) is 21.1 Å². The van der Waals surface area contributed by atoms with Crippen LogP contribution in [0.25, 0.3) is 61.3 Å². The summed E-state index contributed by atoms with van der Waals surface area (Å²) in [6.07, 6.45) is 1.90. The van der Waals surface area contributed by atoms with Gasteiger partial charge < -0.3 is 19.0 Å². The van der Waals surface area contributed by atoms with Crippen molar-refractivity contribution in [2.45, 2.75) is 60.3 Å². The second-order valence-electron chi connectivity index (χ2n) is 17.3. The molecular formula is C55H44BN3O2Pt. The number of benzene rings is 7. The number of fused-ring (bicyclic) bond motifs is 6. The molecule has 7 aromatic carbocycles. The van der Waals surface area contributed by atoms with Crippen LogP contribution in [0.3, 0.4) is 0 Å². The van der Waals surface area contributed by atoms with E-state index in [9.17, 15) is 0 Å². The third-order valence-electron chi connectivity index (χ3n) is 12.5. The second-order valence-corrected chi connectivity index (χ2v) is 17.3. The minimum atomic E-state index is -0.268. The summed E-state index contributed by atoms with van der Waals surface area (Å²) in [5.74, 6) is 4.58. The first-order valence-electron chi connectivity index (χ1n) is 21.3. The topological polar surface area (TPSA) is 49.2 Å². The Morgan fingerprint density at radius 2 is 1.27 bits per heavy atom. The van der Waals surface area contributed by atoms with Crippen LogP contribution in [0.2, 0.25) is 0 Å². The Hall–Kier alpha value is -6.23. The third kappa shape index (κ3) is 6.33. The van der Waals surface area contributed by atoms with Gasteiger partial charge in [0.25, 0.3) is 0 Å². The quantitative estimate of drug-likeness (QED) is 0.123. The average molecular weight is 985 g/mol. The molecule has 9 aromatic rings. The van der Waals surface area contributed by atoms with Crippen molar-refractivity contribution in [1.82, 2.24) is 14.5 Å². The van der Waals surface area contributed by atoms with Gasteiger partial charge >= 0.3 is 21.1 Å². The van der Waals surface area contributed by atoms with Crippen molar-refractivity contribution >= 4 is 44.9 Å². The number of ether oxygens (including phenoxy) is 2. The number of aromatic nitrogens is 3. The molecule has 0 spiro atoms. The molecule has 0 unspecified atom stereocenters. The molecule has 0 atom stereocenters. The molecule has 11 rings (SSSR count). The van der Waals surface area contributed by atoms with Gasteiger partial charge in [-0.1, -0.05) is 106 Å². The van der Waals surface area contributed by atoms with Gasteiger partial charge in [-0.2, -0.15) is 0 Å². The van der Waals surface area contributed by atoms with Crippen molar-refractivity contribution in [1.29, 1.82) is 0 Å². The van der Waals surface area contributed by atoms with E-state index in [4.69, 9.17) is 19.4 Å². The number of pyridine rings is 1. The van der Waals surface area contributed by atoms with Crippen LogP contribution in [0.5, 0.6) is 23.0 Å². The molecule has 0 saturated carbocycles. The molecule has 7 heteroatoms. The van der Waals surface area contributed by atoms with Crippen LogP contribution in [0.4, 0.5) is 0 Å². The van der Waals surface area contributed by atoms with Gasteiger partial charge in [-0.3, -0.25) is 4.98 Å². The summed E-state index contributed by atoms with van der Waals surface area (Å²) in [5.41, 5.74) is 16.9. The predicted octanol–water partition coefficient (Wildman–Crippen LogP) is 12.1. The fourth-order valence-corrected chi connectivity index (χ4v) is 9.78. The van der Waals surface area contributed by atoms with Gasteiger partial charge in [-0.25, -0.2) is 0 Å². The fraction of sp³-hybridized carbons (Fsp3) is 0.164. The summed E-state index contributed by atoms with van der Waals surface area (Å²) in [7, 11) is 0. The molecule has 0 amide bonds. The molecule has 0 aliphatic carbocycles. The third-order valence-corrected chi connectivity index (χ3v) is 12.5. The summed E-state index contributed by atoms with van der Waals surface area (Å²) >= 11 is 0. The van der Waals surface area contributed by atoms with Gasteiger partial charge in [-0.05, 0) is 107 Å². The van der Waals surface area contributed by atoms with Crippen LogP contribution in [0.1, 0.15) is 67.3 Å². The van der Waals surface area contributed by atoms with Crippen molar-refractivity contribution in [2.75, 3.05) is 0 Å². The molecule has 5 nitrogen and oxygen atoms in total. The molecular weight excluding hydrogens is 941 g/mol. The summed E-state index contributed by atoms with van der Waals surface area (Å²) in [6, 6.07) is 50.7. The fourth-order valence-electron chi connectivity index (χ4n) is 9.78. The van der Waals surface area contributed by atoms with Crippen molar-refractivity contribution < 1.29 is 30.5 Å². The summed E-state index contributed by atoms with van der Waals surface area (Å²) in [6.45, 7) is 15.2. The van der Waals surface area contributed by atoms with Crippen LogP contribution in [0, 0.1) is 32.9 Å². The molecule has 304 valence electrons. The average Bonchev–Trinajstić information content (AvgIpc) is 3.64. The normalized spacial score (nSPS) is 12.5. The zero-order chi connectivity index (χ0) is 41.7. The first kappa shape index (κ1) is 39.9. The number of para-hydroxylation sites is 2. The smallest absolute Gasteiger partial charge is 0.502 e. The van der Waals surface area contributed by atoms with Crippen molar-refractivity contribution in [3.05, 3.63) is 167 Å². The largest absolute Gasteiger partial charge is 2.00 e. The molecule has 2 aliphatic heterocycles. The van der Waals surface area contributed by atoms with Crippen molar-refractivity contribution in [2.24, 2.45) is 0 Å². The zero-order valence-corrected chi connectivity index (χ0v) is 38.1. The Morgan fingerprint density at radius 1 is 0.645 bits per heavy atom. The van der Waals surface area contributed by atoms with Gasteiger partial charge in [0.15, 0.2) is 0 Å². The number of nitrogens with zero attached hydrogens (tertiary/aromatic N) is 3. The van der Waals surface area contributed by atoms with Crippen LogP contribution in [0.15, 0.2) is 128 Å². The molecule has 0 saturated heterocycles. The zero-order valence-electron chi connectivity index (χ0n) is 35.8. The minimum absolute atomic E-state index is 0. The minimum Gasteiger partial charge on any atom is -0.502 e. The Morgan fingerprint density at radius 3 is 1.98 bits per heavy atom. The van der Waals surface area contributed by atoms with Crippen LogP contribution >= 0.6 is 0 Å². The number of imidazole rings is 1. The number of rotatable bonds is 6. The number of hydrogen-bond acceptors (Lipinski definition) is 4. The Kier molecular flexibility index (Phi) is 9.84. The maximum absolute atomic E-state index is 7.03. The molecule has 0 bridgehead atoms. The first-order valence-corrected chi connectivity index (χ1v) is 21.3. The van der Waals surface area contributed by atoms with E-state index in [0.717, 1.165) is 84.3 Å². The van der Waals surface area contributed by atoms with Crippen molar-refractivity contribution in [3.8, 4) is 62.5 Å². The van der Waals surface area contributed by atoms with E-state index < -0.39 is 0 Å². The van der Waals surface area contributed by atoms with Gasteiger partial charge in [-0.15, -0.1) is 58.5 Å². The summed E-state index contributed by atoms with van der Waals surface area (Å²) in [4.78, 5) is 10.2. The molecule has 0 radical (unpaired) electrons. The van der Waals surface area contributed by atoms with E-state index in [0.29, 0.717) is 0 Å². The molecule has 0 N–H and O–H groups in total. The Labute approximate surface area is 378 Å². The van der Waals surface area contributed by atoms with Crippen LogP contribution < -0.4 is 25.9 Å². The molecule has 2 aliphatic rings. The summed E-state index contributed by atoms with van der Waals surface area (Å²) in [5, 5.41) is 2.42. The monoisotopic (exact) mass is 984 g/mol. The van der Waals surface area contributed by atoms with E-state index in [1.165, 1.54) is 44.2 Å².